The van der Waals surface area contributed by atoms with Crippen molar-refractivity contribution >= 4 is 52.3 Å². The van der Waals surface area contributed by atoms with E-state index in [4.69, 9.17) is 17.3 Å². The maximum atomic E-state index is 14.0. The zero-order valence-electron chi connectivity index (χ0n) is 26.2. The van der Waals surface area contributed by atoms with E-state index in [0.29, 0.717) is 68.7 Å². The number of nitrogen functional groups attached to an aromatic ring is 1. The van der Waals surface area contributed by atoms with Crippen molar-refractivity contribution in [2.24, 2.45) is 0 Å². The van der Waals surface area contributed by atoms with Crippen LogP contribution in [0.3, 0.4) is 0 Å². The van der Waals surface area contributed by atoms with Crippen LogP contribution in [-0.2, 0) is 24.1 Å². The Kier molecular flexibility index (Phi) is 10.1. The van der Waals surface area contributed by atoms with Gasteiger partial charge in [0.1, 0.15) is 6.04 Å². The van der Waals surface area contributed by atoms with Gasteiger partial charge in [-0.25, -0.2) is 9.59 Å². The number of nitrogens with one attached hydrogen (secondary N) is 2. The van der Waals surface area contributed by atoms with Crippen LogP contribution in [0.2, 0.25) is 5.02 Å². The number of nitrogens with zero attached hydrogens (tertiary/aromatic N) is 4. The van der Waals surface area contributed by atoms with Gasteiger partial charge in [0.2, 0.25) is 5.91 Å². The molecule has 0 radical (unpaired) electrons. The number of anilines is 2. The SMILES string of the molecule is CCc1cc(C[C@@H](NC(=O)N2CCC(N3CCc4cscc4NC3=O)CC2)C(=O)N2CCC(N3CCCC3)CC2)cc(Cl)c1N. The summed E-state index contributed by atoms with van der Waals surface area (Å²) in [6.45, 7) is 7.46. The number of carbonyl (C=O) groups excluding carboxylic acids is 3. The topological polar surface area (TPSA) is 114 Å². The molecule has 6 rings (SSSR count). The average Bonchev–Trinajstić information content (AvgIpc) is 3.72. The molecule has 3 fully saturated rings. The average molecular weight is 656 g/mol. The largest absolute Gasteiger partial charge is 0.397 e. The van der Waals surface area contributed by atoms with Gasteiger partial charge in [0.25, 0.3) is 0 Å². The summed E-state index contributed by atoms with van der Waals surface area (Å²) in [5.74, 6) is -0.0438. The molecule has 0 spiro atoms. The second kappa shape index (κ2) is 14.2. The zero-order chi connectivity index (χ0) is 31.5. The number of likely N-dealkylation sites (tertiary alicyclic amines) is 3. The van der Waals surface area contributed by atoms with Crippen molar-refractivity contribution in [3.63, 3.8) is 0 Å². The minimum absolute atomic E-state index is 0.0438. The van der Waals surface area contributed by atoms with Crippen molar-refractivity contribution in [1.82, 2.24) is 24.9 Å². The summed E-state index contributed by atoms with van der Waals surface area (Å²) in [5.41, 5.74) is 10.7. The van der Waals surface area contributed by atoms with Crippen LogP contribution in [0.1, 0.15) is 62.1 Å². The van der Waals surface area contributed by atoms with Gasteiger partial charge in [-0.3, -0.25) is 4.79 Å². The molecular weight excluding hydrogens is 610 g/mol. The fourth-order valence-electron chi connectivity index (χ4n) is 7.49. The van der Waals surface area contributed by atoms with Crippen LogP contribution < -0.4 is 16.4 Å². The van der Waals surface area contributed by atoms with Crippen LogP contribution in [0.25, 0.3) is 0 Å². The molecular formula is C33H46ClN7O3S. The number of benzene rings is 1. The first-order valence-corrected chi connectivity index (χ1v) is 17.9. The van der Waals surface area contributed by atoms with Gasteiger partial charge in [0, 0.05) is 56.6 Å². The highest BCUT2D eigenvalue weighted by Crippen LogP contribution is 2.29. The lowest BCUT2D eigenvalue weighted by molar-refractivity contribution is -0.134. The molecule has 4 aliphatic heterocycles. The molecule has 4 aliphatic rings. The molecule has 1 aromatic carbocycles. The molecule has 0 bridgehead atoms. The van der Waals surface area contributed by atoms with Gasteiger partial charge in [-0.15, -0.1) is 11.3 Å². The Morgan fingerprint density at radius 2 is 1.69 bits per heavy atom. The van der Waals surface area contributed by atoms with Crippen LogP contribution in [0, 0.1) is 0 Å². The summed E-state index contributed by atoms with van der Waals surface area (Å²) in [6.07, 6.45) is 7.74. The predicted octanol–water partition coefficient (Wildman–Crippen LogP) is 4.81. The van der Waals surface area contributed by atoms with E-state index in [1.165, 1.54) is 18.4 Å². The second-order valence-electron chi connectivity index (χ2n) is 12.9. The monoisotopic (exact) mass is 655 g/mol. The lowest BCUT2D eigenvalue weighted by Gasteiger charge is -2.39. The van der Waals surface area contributed by atoms with Crippen LogP contribution in [-0.4, -0.2) is 102 Å². The molecule has 1 atom stereocenters. The van der Waals surface area contributed by atoms with Gasteiger partial charge in [0.15, 0.2) is 0 Å². The first-order chi connectivity index (χ1) is 21.8. The molecule has 0 unspecified atom stereocenters. The molecule has 0 aliphatic carbocycles. The molecule has 0 saturated carbocycles. The summed E-state index contributed by atoms with van der Waals surface area (Å²) in [6, 6.07) is 3.41. The molecule has 2 aromatic rings. The molecule has 10 nitrogen and oxygen atoms in total. The number of urea groups is 2. The molecule has 3 saturated heterocycles. The minimum Gasteiger partial charge on any atom is -0.397 e. The highest BCUT2D eigenvalue weighted by Gasteiger charge is 2.35. The smallest absolute Gasteiger partial charge is 0.322 e. The molecule has 244 valence electrons. The summed E-state index contributed by atoms with van der Waals surface area (Å²) >= 11 is 8.09. The lowest BCUT2D eigenvalue weighted by atomic mass is 9.98. The van der Waals surface area contributed by atoms with E-state index < -0.39 is 6.04 Å². The zero-order valence-corrected chi connectivity index (χ0v) is 27.8. The van der Waals surface area contributed by atoms with E-state index in [-0.39, 0.29) is 24.0 Å². The van der Waals surface area contributed by atoms with Crippen molar-refractivity contribution in [1.29, 1.82) is 0 Å². The van der Waals surface area contributed by atoms with Crippen molar-refractivity contribution in [3.8, 4) is 0 Å². The van der Waals surface area contributed by atoms with Crippen molar-refractivity contribution in [2.75, 3.05) is 56.9 Å². The Morgan fingerprint density at radius 3 is 2.40 bits per heavy atom. The van der Waals surface area contributed by atoms with Gasteiger partial charge < -0.3 is 36.0 Å². The van der Waals surface area contributed by atoms with Gasteiger partial charge >= 0.3 is 12.1 Å². The summed E-state index contributed by atoms with van der Waals surface area (Å²) in [4.78, 5) is 48.9. The van der Waals surface area contributed by atoms with E-state index >= 15 is 0 Å². The van der Waals surface area contributed by atoms with Crippen molar-refractivity contribution in [3.05, 3.63) is 44.6 Å². The first kappa shape index (κ1) is 31.9. The Labute approximate surface area is 275 Å². The summed E-state index contributed by atoms with van der Waals surface area (Å²) in [7, 11) is 0. The number of rotatable bonds is 7. The maximum absolute atomic E-state index is 14.0. The molecule has 12 heteroatoms. The number of aryl methyl sites for hydroxylation is 1. The van der Waals surface area contributed by atoms with Gasteiger partial charge in [0.05, 0.1) is 16.4 Å². The van der Waals surface area contributed by atoms with Crippen molar-refractivity contribution in [2.45, 2.75) is 82.8 Å². The van der Waals surface area contributed by atoms with Crippen LogP contribution in [0.5, 0.6) is 0 Å². The number of hydrogen-bond donors (Lipinski definition) is 3. The van der Waals surface area contributed by atoms with Gasteiger partial charge in [-0.1, -0.05) is 24.6 Å². The molecule has 45 heavy (non-hydrogen) atoms. The van der Waals surface area contributed by atoms with E-state index in [2.05, 4.69) is 20.9 Å². The molecule has 1 aromatic heterocycles. The molecule has 5 heterocycles. The van der Waals surface area contributed by atoms with Crippen LogP contribution >= 0.6 is 22.9 Å². The number of fused-ring (bicyclic) bond motifs is 1. The third kappa shape index (κ3) is 7.20. The van der Waals surface area contributed by atoms with Crippen LogP contribution in [0.4, 0.5) is 21.0 Å². The lowest BCUT2D eigenvalue weighted by Crippen LogP contribution is -2.57. The van der Waals surface area contributed by atoms with E-state index in [1.54, 1.807) is 16.2 Å². The Bertz CT molecular complexity index is 1380. The number of hydrogen-bond acceptors (Lipinski definition) is 6. The first-order valence-electron chi connectivity index (χ1n) is 16.6. The number of amides is 5. The predicted molar refractivity (Wildman–Crippen MR) is 180 cm³/mol. The standard InChI is InChI=1S/C33H46ClN7O3S/c1-2-23-17-22(18-27(34)30(23)35)19-28(31(42)39-12-6-25(7-13-39)38-10-3-4-11-38)36-32(43)40-14-8-26(9-15-40)41-16-5-24-20-45-21-29(24)37-33(41)44/h17-18,20-21,25-26,28H,2-16,19,35H2,1H3,(H,36,43)(H,37,44)/t28-/m1/s1. The Morgan fingerprint density at radius 1 is 1.00 bits per heavy atom. The maximum Gasteiger partial charge on any atom is 0.322 e. The summed E-state index contributed by atoms with van der Waals surface area (Å²) < 4.78 is 0. The fourth-order valence-corrected chi connectivity index (χ4v) is 8.57. The fraction of sp³-hybridized carbons (Fsp3) is 0.606. The highest BCUT2D eigenvalue weighted by molar-refractivity contribution is 7.08. The van der Waals surface area contributed by atoms with Crippen molar-refractivity contribution < 1.29 is 14.4 Å². The van der Waals surface area contributed by atoms with Gasteiger partial charge in [-0.05, 0) is 92.6 Å². The second-order valence-corrected chi connectivity index (χ2v) is 14.1. The Balaban J connectivity index is 1.10. The number of halogens is 1. The Hall–Kier alpha value is -3.02. The highest BCUT2D eigenvalue weighted by atomic mass is 35.5. The normalized spacial score (nSPS) is 20.9. The minimum atomic E-state index is -0.710. The molecule has 5 amide bonds. The third-order valence-electron chi connectivity index (χ3n) is 10.2. The van der Waals surface area contributed by atoms with E-state index in [0.717, 1.165) is 55.6 Å². The number of carbonyl (C=O) groups is 3. The number of nitrogens with two attached hydrogens (primary N) is 1. The molecule has 4 N–H and O–H groups in total. The number of piperidine rings is 2. The van der Waals surface area contributed by atoms with E-state index in [9.17, 15) is 14.4 Å². The summed E-state index contributed by atoms with van der Waals surface area (Å²) in [5, 5.41) is 10.7. The van der Waals surface area contributed by atoms with Gasteiger partial charge in [-0.2, -0.15) is 0 Å². The third-order valence-corrected chi connectivity index (χ3v) is 11.3. The number of thiophene rings is 1. The van der Waals surface area contributed by atoms with Crippen LogP contribution in [0.15, 0.2) is 22.9 Å². The van der Waals surface area contributed by atoms with E-state index in [1.807, 2.05) is 34.2 Å². The quantitative estimate of drug-likeness (QED) is 0.371.